The van der Waals surface area contributed by atoms with Gasteiger partial charge in [0, 0.05) is 18.6 Å². The third-order valence-corrected chi connectivity index (χ3v) is 16.5. The third kappa shape index (κ3) is 10.7. The molecule has 0 spiro atoms. The molecule has 0 aliphatic heterocycles. The Morgan fingerprint density at radius 2 is 0.500 bits per heavy atom. The molecule has 0 atom stereocenters. The Balaban J connectivity index is 1.49. The number of allylic oxidation sites excluding steroid dienone is 3. The van der Waals surface area contributed by atoms with Crippen LogP contribution < -0.4 is 12.9 Å². The van der Waals surface area contributed by atoms with Crippen molar-refractivity contribution in [2.45, 2.75) is 96.3 Å². The van der Waals surface area contributed by atoms with Gasteiger partial charge in [0.25, 0.3) is 30.1 Å². The van der Waals surface area contributed by atoms with Gasteiger partial charge in [0.05, 0.1) is 31.7 Å². The number of rotatable bonds is 12. The van der Waals surface area contributed by atoms with Gasteiger partial charge in [0.1, 0.15) is 0 Å². The smallest absolute Gasteiger partial charge is 0.242 e. The van der Waals surface area contributed by atoms with Gasteiger partial charge in [-0.2, -0.15) is 0 Å². The maximum absolute atomic E-state index is 14.9. The monoisotopic (exact) mass is 939 g/mol. The average molecular weight is 940 g/mol. The van der Waals surface area contributed by atoms with Crippen molar-refractivity contribution in [3.63, 3.8) is 0 Å². The first kappa shape index (κ1) is 47.7. The number of anilines is 3. The van der Waals surface area contributed by atoms with Gasteiger partial charge in [-0.3, -0.25) is 0 Å². The van der Waals surface area contributed by atoms with Gasteiger partial charge in [-0.05, 0) is 204 Å². The van der Waals surface area contributed by atoms with E-state index in [4.69, 9.17) is 0 Å². The molecule has 7 rings (SSSR count). The molecule has 0 aromatic heterocycles. The highest BCUT2D eigenvalue weighted by Crippen LogP contribution is 2.39. The van der Waals surface area contributed by atoms with E-state index in [0.717, 1.165) is 50.1 Å². The quantitative estimate of drug-likeness (QED) is 0.121. The van der Waals surface area contributed by atoms with Crippen molar-refractivity contribution in [2.75, 3.05) is 12.9 Å². The molecule has 0 heterocycles. The highest BCUT2D eigenvalue weighted by Gasteiger charge is 2.31. The second-order valence-electron chi connectivity index (χ2n) is 17.8. The first-order valence-electron chi connectivity index (χ1n) is 21.8. The van der Waals surface area contributed by atoms with E-state index in [-0.39, 0.29) is 33.9 Å². The van der Waals surface area contributed by atoms with Gasteiger partial charge in [0.15, 0.2) is 0 Å². The summed E-state index contributed by atoms with van der Waals surface area (Å²) in [6, 6.07) is 36.9. The predicted octanol–water partition coefficient (Wildman–Crippen LogP) is 12.3. The van der Waals surface area contributed by atoms with Crippen LogP contribution in [0.4, 0.5) is 17.1 Å². The Morgan fingerprint density at radius 1 is 0.303 bits per heavy atom. The minimum absolute atomic E-state index is 0.0989. The van der Waals surface area contributed by atoms with Crippen molar-refractivity contribution in [2.24, 2.45) is 0 Å². The maximum atomic E-state index is 14.9. The van der Waals surface area contributed by atoms with Crippen molar-refractivity contribution in [1.29, 1.82) is 0 Å². The second kappa shape index (κ2) is 18.9. The van der Waals surface area contributed by atoms with Gasteiger partial charge in [-0.25, -0.2) is 38.2 Å². The SMILES string of the molecule is Cc1ccc(S(=O)(=O)N(C=C2CC(=CN(c3cc(C)cc(C)c3)S(=O)(=O)c3ccc(C)cc3)CC(=CN(c3cc(C)cc(C)c3)S(=O)(=O)c3ccc(C)cc3)C2)c2cc(C)cc(C)c2)cc1. The van der Waals surface area contributed by atoms with Crippen molar-refractivity contribution < 1.29 is 25.3 Å². The fraction of sp³-hybridized carbons (Fsp3) is 0.222. The normalized spacial score (nSPS) is 13.3. The van der Waals surface area contributed by atoms with Crippen LogP contribution in [0, 0.1) is 62.3 Å². The molecule has 0 unspecified atom stereocenters. The Morgan fingerprint density at radius 3 is 0.697 bits per heavy atom. The van der Waals surface area contributed by atoms with Crippen LogP contribution in [-0.4, -0.2) is 25.3 Å². The Bertz CT molecular complexity index is 2820. The lowest BCUT2D eigenvalue weighted by Gasteiger charge is -2.30. The molecule has 0 amide bonds. The standard InChI is InChI=1S/C54H57N3O6S3/c1-37-10-16-52(17-11-37)64(58,59)55(49-25-40(4)22-41(5)26-49)34-46-31-47(35-56(50-27-42(6)23-43(7)28-50)65(60,61)53-18-12-38(2)13-19-53)33-48(32-46)36-57(51-29-44(8)24-45(9)30-51)66(62,63)54-20-14-39(3)15-21-54/h10-30,34-36H,31-33H2,1-9H3. The van der Waals surface area contributed by atoms with Crippen LogP contribution >= 0.6 is 0 Å². The van der Waals surface area contributed by atoms with Gasteiger partial charge >= 0.3 is 0 Å². The summed E-state index contributed by atoms with van der Waals surface area (Å²) in [5.74, 6) is 0. The maximum Gasteiger partial charge on any atom is 0.268 e. The molecule has 0 N–H and O–H groups in total. The molecule has 0 radical (unpaired) electrons. The molecular formula is C54H57N3O6S3. The van der Waals surface area contributed by atoms with E-state index >= 15 is 0 Å². The van der Waals surface area contributed by atoms with Crippen LogP contribution in [0.5, 0.6) is 0 Å². The second-order valence-corrected chi connectivity index (χ2v) is 23.2. The van der Waals surface area contributed by atoms with E-state index in [0.29, 0.717) is 33.8 Å². The summed E-state index contributed by atoms with van der Waals surface area (Å²) in [6.07, 6.45) is 5.41. The fourth-order valence-corrected chi connectivity index (χ4v) is 12.5. The molecular weight excluding hydrogens is 883 g/mol. The average Bonchev–Trinajstić information content (AvgIpc) is 3.23. The van der Waals surface area contributed by atoms with E-state index in [1.807, 2.05) is 117 Å². The van der Waals surface area contributed by atoms with Crippen molar-refractivity contribution in [1.82, 2.24) is 0 Å². The highest BCUT2D eigenvalue weighted by molar-refractivity contribution is 7.93. The number of hydrogen-bond donors (Lipinski definition) is 0. The zero-order chi connectivity index (χ0) is 47.7. The minimum Gasteiger partial charge on any atom is -0.242 e. The summed E-state index contributed by atoms with van der Waals surface area (Å²) >= 11 is 0. The summed E-state index contributed by atoms with van der Waals surface area (Å²) < 4.78 is 93.0. The number of hydrogen-bond acceptors (Lipinski definition) is 6. The van der Waals surface area contributed by atoms with E-state index in [1.54, 1.807) is 91.4 Å². The fourth-order valence-electron chi connectivity index (χ4n) is 8.39. The van der Waals surface area contributed by atoms with E-state index < -0.39 is 30.1 Å². The van der Waals surface area contributed by atoms with E-state index in [9.17, 15) is 25.3 Å². The van der Waals surface area contributed by atoms with Crippen LogP contribution in [0.1, 0.15) is 69.3 Å². The molecule has 1 aliphatic rings. The first-order valence-corrected chi connectivity index (χ1v) is 26.1. The number of sulfonamides is 3. The molecule has 6 aromatic rings. The summed E-state index contributed by atoms with van der Waals surface area (Å²) in [5.41, 5.74) is 11.1. The van der Waals surface area contributed by atoms with Crippen LogP contribution in [0.15, 0.2) is 177 Å². The molecule has 0 saturated heterocycles. The molecule has 66 heavy (non-hydrogen) atoms. The first-order chi connectivity index (χ1) is 31.1. The van der Waals surface area contributed by atoms with Crippen LogP contribution in [-0.2, 0) is 30.1 Å². The summed E-state index contributed by atoms with van der Waals surface area (Å²) in [7, 11) is -12.6. The molecule has 12 heteroatoms. The minimum atomic E-state index is -4.21. The number of aryl methyl sites for hydroxylation is 9. The molecule has 1 saturated carbocycles. The van der Waals surface area contributed by atoms with E-state index in [1.165, 1.54) is 12.9 Å². The third-order valence-electron chi connectivity index (χ3n) is 11.4. The van der Waals surface area contributed by atoms with Crippen molar-refractivity contribution in [3.8, 4) is 0 Å². The summed E-state index contributed by atoms with van der Waals surface area (Å²) in [4.78, 5) is 0.297. The summed E-state index contributed by atoms with van der Waals surface area (Å²) in [5, 5.41) is 0. The molecule has 1 fully saturated rings. The largest absolute Gasteiger partial charge is 0.268 e. The highest BCUT2D eigenvalue weighted by atomic mass is 32.2. The topological polar surface area (TPSA) is 112 Å². The molecule has 6 aromatic carbocycles. The zero-order valence-electron chi connectivity index (χ0n) is 39.0. The van der Waals surface area contributed by atoms with Gasteiger partial charge in [0.2, 0.25) is 0 Å². The van der Waals surface area contributed by atoms with Crippen LogP contribution in [0.3, 0.4) is 0 Å². The number of nitrogens with zero attached hydrogens (tertiary/aromatic N) is 3. The van der Waals surface area contributed by atoms with Gasteiger partial charge < -0.3 is 0 Å². The van der Waals surface area contributed by atoms with Crippen LogP contribution in [0.25, 0.3) is 0 Å². The lowest BCUT2D eigenvalue weighted by molar-refractivity contribution is 0.594. The van der Waals surface area contributed by atoms with Crippen molar-refractivity contribution >= 4 is 47.1 Å². The molecule has 9 nitrogen and oxygen atoms in total. The van der Waals surface area contributed by atoms with Crippen LogP contribution in [0.2, 0.25) is 0 Å². The van der Waals surface area contributed by atoms with Gasteiger partial charge in [-0.15, -0.1) is 0 Å². The van der Waals surface area contributed by atoms with Crippen molar-refractivity contribution in [3.05, 3.63) is 213 Å². The van der Waals surface area contributed by atoms with E-state index in [2.05, 4.69) is 0 Å². The summed E-state index contributed by atoms with van der Waals surface area (Å²) in [6.45, 7) is 17.1. The molecule has 1 aliphatic carbocycles. The number of benzene rings is 6. The Labute approximate surface area is 392 Å². The van der Waals surface area contributed by atoms with Gasteiger partial charge in [-0.1, -0.05) is 71.3 Å². The predicted molar refractivity (Wildman–Crippen MR) is 268 cm³/mol. The molecule has 0 bridgehead atoms. The molecule has 342 valence electrons. The lowest BCUT2D eigenvalue weighted by Crippen LogP contribution is -2.29. The zero-order valence-corrected chi connectivity index (χ0v) is 41.4. The Kier molecular flexibility index (Phi) is 13.7. The Hall–Kier alpha value is -6.21. The lowest BCUT2D eigenvalue weighted by atomic mass is 9.87.